The van der Waals surface area contributed by atoms with E-state index in [9.17, 15) is 0 Å². The number of nitrogens with zero attached hydrogens (tertiary/aromatic N) is 2. The van der Waals surface area contributed by atoms with Crippen molar-refractivity contribution >= 4 is 151 Å². The molecular formula is C84H52N2OS3. The standard InChI is InChI=1S/C84H52N2OS3/c1-4-20-59(21-5-1)85(60-22-6-2-7-23-60)62-42-37-54(38-43-62)58-51-74-68-29-12-15-35-79(68)89-84(74)75(52-58)69-31-17-32-70-81-65(30-18-36-80(81)90-82(69)70)55-19-16-26-64(47-55)86(61-24-8-3-9-25-61)63-44-39-53(40-45-63)57-49-71(83-73(50-57)67-28-11-14-34-78(67)88-83)56-41-46-77-72(48-56)66-27-10-13-33-76(66)87-77/h1-52H. The summed E-state index contributed by atoms with van der Waals surface area (Å²) in [4.78, 5) is 4.72. The van der Waals surface area contributed by atoms with Crippen LogP contribution in [-0.2, 0) is 0 Å². The highest BCUT2D eigenvalue weighted by molar-refractivity contribution is 7.27. The summed E-state index contributed by atoms with van der Waals surface area (Å²) in [6.07, 6.45) is 0. The van der Waals surface area contributed by atoms with Gasteiger partial charge in [-0.15, -0.1) is 34.0 Å². The first-order valence-corrected chi connectivity index (χ1v) is 32.9. The number of benzene rings is 14. The molecule has 4 aromatic heterocycles. The fraction of sp³-hybridized carbons (Fsp3) is 0. The fourth-order valence-corrected chi connectivity index (χ4v) is 17.3. The highest BCUT2D eigenvalue weighted by atomic mass is 32.1. The summed E-state index contributed by atoms with van der Waals surface area (Å²) in [5, 5.41) is 9.93. The molecule has 0 unspecified atom stereocenters. The third-order valence-electron chi connectivity index (χ3n) is 17.8. The summed E-state index contributed by atoms with van der Waals surface area (Å²) < 4.78 is 14.0. The number of hydrogen-bond donors (Lipinski definition) is 0. The van der Waals surface area contributed by atoms with E-state index in [1.54, 1.807) is 0 Å². The molecule has 14 aromatic carbocycles. The maximum Gasteiger partial charge on any atom is 0.135 e. The summed E-state index contributed by atoms with van der Waals surface area (Å²) in [5.41, 5.74) is 20.4. The van der Waals surface area contributed by atoms with Crippen LogP contribution >= 0.6 is 34.0 Å². The third kappa shape index (κ3) is 8.82. The Hall–Kier alpha value is -10.9. The lowest BCUT2D eigenvalue weighted by atomic mass is 9.94. The van der Waals surface area contributed by atoms with Crippen LogP contribution in [0.5, 0.6) is 0 Å². The molecule has 18 rings (SSSR count). The Morgan fingerprint density at radius 3 is 1.26 bits per heavy atom. The van der Waals surface area contributed by atoms with Gasteiger partial charge in [0.2, 0.25) is 0 Å². The van der Waals surface area contributed by atoms with E-state index in [2.05, 4.69) is 319 Å². The zero-order valence-corrected chi connectivity index (χ0v) is 51.0. The first-order valence-electron chi connectivity index (χ1n) is 30.4. The SMILES string of the molecule is c1ccc(N(c2ccccc2)c2ccc(-c3cc(-c4cccc5c4sc4cccc(-c6cccc(N(c7ccccc7)c7ccc(-c8cc(-c9ccc%10oc%11ccccc%11c%10c9)c9sc%10ccccc%10c9c8)cc7)c6)c45)c4sc5ccccc5c4c3)cc2)cc1. The zero-order chi connectivity index (χ0) is 59.2. The van der Waals surface area contributed by atoms with Crippen LogP contribution in [0.25, 0.3) is 138 Å². The van der Waals surface area contributed by atoms with Crippen LogP contribution in [0.4, 0.5) is 34.1 Å². The van der Waals surface area contributed by atoms with Crippen LogP contribution in [0, 0.1) is 0 Å². The van der Waals surface area contributed by atoms with Crippen molar-refractivity contribution < 1.29 is 4.42 Å². The molecule has 0 aliphatic heterocycles. The van der Waals surface area contributed by atoms with Gasteiger partial charge in [0.25, 0.3) is 0 Å². The Bertz CT molecular complexity index is 5740. The van der Waals surface area contributed by atoms with E-state index < -0.39 is 0 Å². The van der Waals surface area contributed by atoms with Crippen molar-refractivity contribution in [2.24, 2.45) is 0 Å². The maximum absolute atomic E-state index is 6.29. The first-order chi connectivity index (χ1) is 44.6. The predicted octanol–water partition coefficient (Wildman–Crippen LogP) is 26.0. The van der Waals surface area contributed by atoms with Gasteiger partial charge in [0.15, 0.2) is 0 Å². The van der Waals surface area contributed by atoms with E-state index in [-0.39, 0.29) is 0 Å². The second kappa shape index (κ2) is 21.5. The topological polar surface area (TPSA) is 19.6 Å². The average Bonchev–Trinajstić information content (AvgIpc) is 1.69. The van der Waals surface area contributed by atoms with Gasteiger partial charge in [0.1, 0.15) is 11.2 Å². The highest BCUT2D eigenvalue weighted by Crippen LogP contribution is 2.51. The molecule has 3 nitrogen and oxygen atoms in total. The largest absolute Gasteiger partial charge is 0.456 e. The van der Waals surface area contributed by atoms with E-state index >= 15 is 0 Å². The quantitative estimate of drug-likeness (QED) is 0.129. The lowest BCUT2D eigenvalue weighted by Gasteiger charge is -2.26. The summed E-state index contributed by atoms with van der Waals surface area (Å²) in [7, 11) is 0. The van der Waals surface area contributed by atoms with E-state index in [0.29, 0.717) is 0 Å². The first kappa shape index (κ1) is 52.3. The van der Waals surface area contributed by atoms with E-state index in [0.717, 1.165) is 61.6 Å². The third-order valence-corrected chi connectivity index (χ3v) is 21.5. The maximum atomic E-state index is 6.29. The van der Waals surface area contributed by atoms with Crippen LogP contribution in [0.2, 0.25) is 0 Å². The molecule has 0 spiro atoms. The minimum absolute atomic E-state index is 0.903. The van der Waals surface area contributed by atoms with Gasteiger partial charge in [0.05, 0.1) is 0 Å². The predicted molar refractivity (Wildman–Crippen MR) is 389 cm³/mol. The summed E-state index contributed by atoms with van der Waals surface area (Å²) in [6.45, 7) is 0. The molecule has 422 valence electrons. The highest BCUT2D eigenvalue weighted by Gasteiger charge is 2.22. The minimum Gasteiger partial charge on any atom is -0.456 e. The van der Waals surface area contributed by atoms with Gasteiger partial charge in [0, 0.05) is 122 Å². The van der Waals surface area contributed by atoms with Crippen LogP contribution < -0.4 is 9.80 Å². The van der Waals surface area contributed by atoms with Gasteiger partial charge in [-0.05, 0) is 172 Å². The molecule has 0 bridgehead atoms. The molecule has 0 amide bonds. The van der Waals surface area contributed by atoms with Gasteiger partial charge in [-0.25, -0.2) is 0 Å². The summed E-state index contributed by atoms with van der Waals surface area (Å²) in [5.74, 6) is 0. The van der Waals surface area contributed by atoms with Crippen LogP contribution in [0.1, 0.15) is 0 Å². The smallest absolute Gasteiger partial charge is 0.135 e. The molecule has 0 aliphatic carbocycles. The lowest BCUT2D eigenvalue weighted by molar-refractivity contribution is 0.669. The molecule has 0 atom stereocenters. The number of furan rings is 1. The van der Waals surface area contributed by atoms with Crippen molar-refractivity contribution in [1.29, 1.82) is 0 Å². The molecule has 6 heteroatoms. The summed E-state index contributed by atoms with van der Waals surface area (Å²) in [6, 6.07) is 116. The van der Waals surface area contributed by atoms with Crippen molar-refractivity contribution in [2.75, 3.05) is 9.80 Å². The molecule has 4 heterocycles. The molecular weight excluding hydrogens is 1150 g/mol. The second-order valence-corrected chi connectivity index (χ2v) is 26.2. The molecule has 0 saturated carbocycles. The van der Waals surface area contributed by atoms with Gasteiger partial charge < -0.3 is 14.2 Å². The zero-order valence-electron chi connectivity index (χ0n) is 48.5. The van der Waals surface area contributed by atoms with Crippen LogP contribution in [0.3, 0.4) is 0 Å². The second-order valence-electron chi connectivity index (χ2n) is 23.1. The van der Waals surface area contributed by atoms with Crippen molar-refractivity contribution in [2.45, 2.75) is 0 Å². The molecule has 0 radical (unpaired) electrons. The van der Waals surface area contributed by atoms with Gasteiger partial charge in [-0.2, -0.15) is 0 Å². The number of para-hydroxylation sites is 4. The molecule has 0 aliphatic rings. The molecule has 0 saturated heterocycles. The monoisotopic (exact) mass is 1200 g/mol. The van der Waals surface area contributed by atoms with Crippen molar-refractivity contribution in [1.82, 2.24) is 0 Å². The Morgan fingerprint density at radius 2 is 0.622 bits per heavy atom. The van der Waals surface area contributed by atoms with Gasteiger partial charge in [-0.1, -0.05) is 182 Å². The van der Waals surface area contributed by atoms with Crippen molar-refractivity contribution in [3.63, 3.8) is 0 Å². The van der Waals surface area contributed by atoms with E-state index in [4.69, 9.17) is 4.42 Å². The fourth-order valence-electron chi connectivity index (χ4n) is 13.6. The van der Waals surface area contributed by atoms with Crippen molar-refractivity contribution in [3.8, 4) is 55.6 Å². The Balaban J connectivity index is 0.725. The van der Waals surface area contributed by atoms with E-state index in [1.165, 1.54) is 111 Å². The van der Waals surface area contributed by atoms with Gasteiger partial charge >= 0.3 is 0 Å². The molecule has 0 N–H and O–H groups in total. The molecule has 0 fully saturated rings. The van der Waals surface area contributed by atoms with E-state index in [1.807, 2.05) is 40.1 Å². The minimum atomic E-state index is 0.903. The Kier molecular flexibility index (Phi) is 12.5. The number of anilines is 6. The average molecular weight is 1200 g/mol. The van der Waals surface area contributed by atoms with Crippen LogP contribution in [0.15, 0.2) is 320 Å². The Morgan fingerprint density at radius 1 is 0.211 bits per heavy atom. The number of hydrogen-bond acceptors (Lipinski definition) is 6. The van der Waals surface area contributed by atoms with Crippen LogP contribution in [-0.4, -0.2) is 0 Å². The normalized spacial score (nSPS) is 11.8. The number of fused-ring (bicyclic) bond motifs is 12. The number of thiophene rings is 3. The Labute approximate surface area is 532 Å². The van der Waals surface area contributed by atoms with Crippen molar-refractivity contribution in [3.05, 3.63) is 315 Å². The molecule has 90 heavy (non-hydrogen) atoms. The lowest BCUT2D eigenvalue weighted by Crippen LogP contribution is -2.09. The van der Waals surface area contributed by atoms with Gasteiger partial charge in [-0.3, -0.25) is 0 Å². The molecule has 18 aromatic rings. The summed E-state index contributed by atoms with van der Waals surface area (Å²) >= 11 is 5.67. The number of rotatable bonds is 11.